The van der Waals surface area contributed by atoms with Gasteiger partial charge in [0.25, 0.3) is 0 Å². The molecule has 1 fully saturated rings. The molecule has 96 valence electrons. The Balaban J connectivity index is 2.18. The fraction of sp³-hybridized carbons (Fsp3) is 0.267. The highest BCUT2D eigenvalue weighted by Gasteiger charge is 2.17. The molecular weight excluding hydrogens is 236 g/mol. The van der Waals surface area contributed by atoms with Crippen LogP contribution in [0.25, 0.3) is 16.6 Å². The number of para-hydroxylation sites is 1. The van der Waals surface area contributed by atoms with Crippen LogP contribution in [0, 0.1) is 5.41 Å². The molecule has 1 saturated carbocycles. The fourth-order valence-corrected chi connectivity index (χ4v) is 2.56. The van der Waals surface area contributed by atoms with Gasteiger partial charge in [0, 0.05) is 11.1 Å². The van der Waals surface area contributed by atoms with E-state index in [4.69, 9.17) is 11.1 Å². The maximum atomic E-state index is 8.05. The molecule has 0 bridgehead atoms. The van der Waals surface area contributed by atoms with Gasteiger partial charge in [-0.05, 0) is 37.3 Å². The Morgan fingerprint density at radius 3 is 2.74 bits per heavy atom. The molecule has 1 aliphatic rings. The van der Waals surface area contributed by atoms with Gasteiger partial charge in [-0.15, -0.1) is 0 Å². The number of nitrogens with one attached hydrogen (secondary N) is 1. The molecule has 0 spiro atoms. The average Bonchev–Trinajstić information content (AvgIpc) is 2.46. The molecule has 0 amide bonds. The Hall–Kier alpha value is -2.23. The van der Waals surface area contributed by atoms with Gasteiger partial charge in [-0.2, -0.15) is 0 Å². The van der Waals surface area contributed by atoms with E-state index in [-0.39, 0.29) is 0 Å². The molecule has 4 nitrogen and oxygen atoms in total. The van der Waals surface area contributed by atoms with Crippen molar-refractivity contribution in [3.8, 4) is 0 Å². The van der Waals surface area contributed by atoms with Crippen LogP contribution in [0.2, 0.25) is 0 Å². The molecular formula is C15H16N4. The molecule has 1 heterocycles. The van der Waals surface area contributed by atoms with E-state index in [0.29, 0.717) is 11.4 Å². The zero-order valence-corrected chi connectivity index (χ0v) is 10.7. The second-order valence-corrected chi connectivity index (χ2v) is 4.82. The lowest BCUT2D eigenvalue weighted by Gasteiger charge is -2.18. The Morgan fingerprint density at radius 2 is 1.89 bits per heavy atom. The minimum Gasteiger partial charge on any atom is -0.397 e. The Kier molecular flexibility index (Phi) is 2.99. The number of allylic oxidation sites excluding steroid dienone is 1. The fourth-order valence-electron chi connectivity index (χ4n) is 2.56. The largest absolute Gasteiger partial charge is 0.397 e. The highest BCUT2D eigenvalue weighted by atomic mass is 14.9. The first-order valence-electron chi connectivity index (χ1n) is 6.54. The molecule has 3 rings (SSSR count). The molecule has 1 aromatic heterocycles. The summed E-state index contributed by atoms with van der Waals surface area (Å²) in [6.07, 6.45) is 5.42. The van der Waals surface area contributed by atoms with Crippen LogP contribution in [-0.2, 0) is 0 Å². The first kappa shape index (κ1) is 11.8. The van der Waals surface area contributed by atoms with E-state index in [1.54, 1.807) is 0 Å². The van der Waals surface area contributed by atoms with Crippen molar-refractivity contribution in [2.45, 2.75) is 25.7 Å². The maximum Gasteiger partial charge on any atom is 0.116 e. The summed E-state index contributed by atoms with van der Waals surface area (Å²) < 4.78 is 0. The Labute approximate surface area is 111 Å². The first-order valence-corrected chi connectivity index (χ1v) is 6.54. The van der Waals surface area contributed by atoms with Crippen LogP contribution < -0.4 is 5.73 Å². The molecule has 0 aliphatic heterocycles. The van der Waals surface area contributed by atoms with E-state index in [0.717, 1.165) is 47.9 Å². The lowest BCUT2D eigenvalue weighted by Crippen LogP contribution is -2.14. The van der Waals surface area contributed by atoms with Gasteiger partial charge in [-0.25, -0.2) is 9.97 Å². The van der Waals surface area contributed by atoms with Crippen molar-refractivity contribution in [3.05, 3.63) is 41.9 Å². The maximum absolute atomic E-state index is 8.05. The predicted molar refractivity (Wildman–Crippen MR) is 76.8 cm³/mol. The van der Waals surface area contributed by atoms with Crippen molar-refractivity contribution in [3.63, 3.8) is 0 Å². The number of hydrogen-bond acceptors (Lipinski definition) is 4. The number of aromatic nitrogens is 2. The Morgan fingerprint density at radius 1 is 1.11 bits per heavy atom. The summed E-state index contributed by atoms with van der Waals surface area (Å²) >= 11 is 0. The number of nitrogens with two attached hydrogens (primary N) is 1. The molecule has 0 unspecified atom stereocenters. The topological polar surface area (TPSA) is 75.7 Å². The predicted octanol–water partition coefficient (Wildman–Crippen LogP) is 2.89. The van der Waals surface area contributed by atoms with Crippen molar-refractivity contribution >= 4 is 22.3 Å². The van der Waals surface area contributed by atoms with Crippen LogP contribution in [0.4, 0.5) is 0 Å². The highest BCUT2D eigenvalue weighted by Crippen LogP contribution is 2.27. The van der Waals surface area contributed by atoms with Gasteiger partial charge in [0.05, 0.1) is 16.9 Å². The summed E-state index contributed by atoms with van der Waals surface area (Å²) in [6, 6.07) is 7.83. The number of benzene rings is 1. The normalized spacial score (nSPS) is 18.6. The molecule has 4 heteroatoms. The standard InChI is InChI=1S/C15H16N4/c16-12-7-3-1-5-10(12)14(17)15-11-6-2-4-8-13(11)18-9-19-15/h2,4,6,8-9,16H,1,3,5,7,17H2/b14-10-,16-12?. The van der Waals surface area contributed by atoms with Crippen LogP contribution in [0.5, 0.6) is 0 Å². The number of fused-ring (bicyclic) bond motifs is 1. The molecule has 0 radical (unpaired) electrons. The van der Waals surface area contributed by atoms with E-state index < -0.39 is 0 Å². The summed E-state index contributed by atoms with van der Waals surface area (Å²) in [7, 11) is 0. The lowest BCUT2D eigenvalue weighted by atomic mass is 9.90. The lowest BCUT2D eigenvalue weighted by molar-refractivity contribution is 0.730. The monoisotopic (exact) mass is 252 g/mol. The number of hydrogen-bond donors (Lipinski definition) is 2. The van der Waals surface area contributed by atoms with E-state index in [1.807, 2.05) is 24.3 Å². The van der Waals surface area contributed by atoms with E-state index in [2.05, 4.69) is 9.97 Å². The summed E-state index contributed by atoms with van der Waals surface area (Å²) in [4.78, 5) is 8.57. The third-order valence-electron chi connectivity index (χ3n) is 3.59. The van der Waals surface area contributed by atoms with Crippen molar-refractivity contribution < 1.29 is 0 Å². The first-order chi connectivity index (χ1) is 9.27. The Bertz CT molecular complexity index is 667. The minimum absolute atomic E-state index is 0.642. The SMILES string of the molecule is N=C1CCCC/C1=C(/N)c1ncnc2ccccc12. The van der Waals surface area contributed by atoms with Gasteiger partial charge >= 0.3 is 0 Å². The minimum atomic E-state index is 0.642. The van der Waals surface area contributed by atoms with Crippen molar-refractivity contribution in [1.29, 1.82) is 5.41 Å². The number of nitrogens with zero attached hydrogens (tertiary/aromatic N) is 2. The average molecular weight is 252 g/mol. The van der Waals surface area contributed by atoms with E-state index in [1.165, 1.54) is 6.33 Å². The third kappa shape index (κ3) is 2.10. The molecule has 0 atom stereocenters. The van der Waals surface area contributed by atoms with Gasteiger partial charge in [-0.1, -0.05) is 18.2 Å². The summed E-state index contributed by atoms with van der Waals surface area (Å²) in [6.45, 7) is 0. The molecule has 2 aromatic rings. The van der Waals surface area contributed by atoms with Gasteiger partial charge in [0.15, 0.2) is 0 Å². The second-order valence-electron chi connectivity index (χ2n) is 4.82. The van der Waals surface area contributed by atoms with Crippen LogP contribution in [0.3, 0.4) is 0 Å². The molecule has 1 aromatic carbocycles. The van der Waals surface area contributed by atoms with Crippen molar-refractivity contribution in [2.75, 3.05) is 0 Å². The van der Waals surface area contributed by atoms with Crippen LogP contribution in [0.1, 0.15) is 31.4 Å². The van der Waals surface area contributed by atoms with Gasteiger partial charge in [0.1, 0.15) is 6.33 Å². The quantitative estimate of drug-likeness (QED) is 0.819. The summed E-state index contributed by atoms with van der Waals surface area (Å²) in [5.41, 5.74) is 10.2. The molecule has 0 saturated heterocycles. The third-order valence-corrected chi connectivity index (χ3v) is 3.59. The zero-order valence-electron chi connectivity index (χ0n) is 10.7. The molecule has 19 heavy (non-hydrogen) atoms. The van der Waals surface area contributed by atoms with Crippen LogP contribution in [0.15, 0.2) is 36.2 Å². The van der Waals surface area contributed by atoms with E-state index in [9.17, 15) is 0 Å². The van der Waals surface area contributed by atoms with Crippen molar-refractivity contribution in [2.24, 2.45) is 5.73 Å². The van der Waals surface area contributed by atoms with Gasteiger partial charge in [0.2, 0.25) is 0 Å². The summed E-state index contributed by atoms with van der Waals surface area (Å²) in [5, 5.41) is 9.00. The molecule has 1 aliphatic carbocycles. The second kappa shape index (κ2) is 4.80. The van der Waals surface area contributed by atoms with Crippen LogP contribution >= 0.6 is 0 Å². The highest BCUT2D eigenvalue weighted by molar-refractivity contribution is 6.06. The smallest absolute Gasteiger partial charge is 0.116 e. The van der Waals surface area contributed by atoms with E-state index >= 15 is 0 Å². The zero-order chi connectivity index (χ0) is 13.2. The molecule has 3 N–H and O–H groups in total. The van der Waals surface area contributed by atoms with Gasteiger partial charge in [-0.3, -0.25) is 0 Å². The van der Waals surface area contributed by atoms with Gasteiger partial charge < -0.3 is 11.1 Å². The van der Waals surface area contributed by atoms with Crippen molar-refractivity contribution in [1.82, 2.24) is 9.97 Å². The van der Waals surface area contributed by atoms with Crippen LogP contribution in [-0.4, -0.2) is 15.7 Å². The number of rotatable bonds is 1. The summed E-state index contributed by atoms with van der Waals surface area (Å²) in [5.74, 6) is 0.